The van der Waals surface area contributed by atoms with E-state index in [1.807, 2.05) is 17.1 Å². The summed E-state index contributed by atoms with van der Waals surface area (Å²) in [6.07, 6.45) is 3.92. The molecule has 33 heavy (non-hydrogen) atoms. The average Bonchev–Trinajstić information content (AvgIpc) is 3.01. The van der Waals surface area contributed by atoms with Crippen LogP contribution in [0.4, 0.5) is 25.0 Å². The summed E-state index contributed by atoms with van der Waals surface area (Å²) in [4.78, 5) is 29.9. The number of ether oxygens (including phenoxy) is 1. The van der Waals surface area contributed by atoms with Crippen molar-refractivity contribution in [3.05, 3.63) is 65.8 Å². The molecule has 2 N–H and O–H groups in total. The summed E-state index contributed by atoms with van der Waals surface area (Å²) in [5, 5.41) is 4.41. The van der Waals surface area contributed by atoms with E-state index in [9.17, 15) is 9.59 Å². The molecule has 2 saturated heterocycles. The summed E-state index contributed by atoms with van der Waals surface area (Å²) in [5.41, 5.74) is 4.26. The van der Waals surface area contributed by atoms with Crippen LogP contribution in [0.2, 0.25) is 0 Å². The second-order valence-electron chi connectivity index (χ2n) is 7.70. The molecule has 11 heteroatoms. The second-order valence-corrected chi connectivity index (χ2v) is 7.70. The molecule has 174 valence electrons. The zero-order chi connectivity index (χ0) is 23.4. The molecule has 2 fully saturated rings. The molecule has 4 rings (SSSR count). The van der Waals surface area contributed by atoms with Crippen LogP contribution in [-0.2, 0) is 16.1 Å². The van der Waals surface area contributed by atoms with Crippen LogP contribution in [0, 0.1) is 11.6 Å². The highest BCUT2D eigenvalue weighted by molar-refractivity contribution is 5.91. The van der Waals surface area contributed by atoms with Crippen molar-refractivity contribution in [2.75, 3.05) is 42.5 Å². The molecular weight excluding hydrogens is 434 g/mol. The van der Waals surface area contributed by atoms with Crippen molar-refractivity contribution in [1.29, 1.82) is 0 Å². The van der Waals surface area contributed by atoms with E-state index >= 15 is 8.78 Å². The minimum atomic E-state index is -0.774. The van der Waals surface area contributed by atoms with Crippen LogP contribution in [0.5, 0.6) is 0 Å². The van der Waals surface area contributed by atoms with Crippen molar-refractivity contribution >= 4 is 23.4 Å². The molecule has 0 spiro atoms. The number of hydrogen-bond acceptors (Lipinski definition) is 7. The Hall–Kier alpha value is -3.57. The predicted molar refractivity (Wildman–Crippen MR) is 117 cm³/mol. The summed E-state index contributed by atoms with van der Waals surface area (Å²) < 4.78 is 35.1. The lowest BCUT2D eigenvalue weighted by molar-refractivity contribution is -0.118. The molecule has 1 aromatic carbocycles. The number of halogens is 2. The highest BCUT2D eigenvalue weighted by Gasteiger charge is 2.31. The highest BCUT2D eigenvalue weighted by Crippen LogP contribution is 2.31. The lowest BCUT2D eigenvalue weighted by atomic mass is 10.2. The number of hydrazine groups is 1. The minimum absolute atomic E-state index is 0.0391. The first-order valence-electron chi connectivity index (χ1n) is 10.5. The molecule has 0 unspecified atom stereocenters. The van der Waals surface area contributed by atoms with Crippen LogP contribution in [0.1, 0.15) is 12.5 Å². The third kappa shape index (κ3) is 5.44. The largest absolute Gasteiger partial charge is 0.419 e. The third-order valence-electron chi connectivity index (χ3n) is 5.30. The van der Waals surface area contributed by atoms with E-state index in [0.717, 1.165) is 22.6 Å². The smallest absolute Gasteiger partial charge is 0.411 e. The Labute approximate surface area is 189 Å². The number of nitrogens with zero attached hydrogens (tertiary/aromatic N) is 4. The van der Waals surface area contributed by atoms with Gasteiger partial charge in [0.1, 0.15) is 11.4 Å². The van der Waals surface area contributed by atoms with Gasteiger partial charge in [0.2, 0.25) is 5.91 Å². The number of aromatic nitrogens is 1. The first-order valence-corrected chi connectivity index (χ1v) is 10.5. The molecular formula is C22H24F2N6O3. The van der Waals surface area contributed by atoms with E-state index in [2.05, 4.69) is 15.7 Å². The Kier molecular flexibility index (Phi) is 6.80. The van der Waals surface area contributed by atoms with Crippen LogP contribution < -0.4 is 20.5 Å². The van der Waals surface area contributed by atoms with E-state index in [1.54, 1.807) is 17.3 Å². The van der Waals surface area contributed by atoms with Crippen LogP contribution in [-0.4, -0.2) is 54.7 Å². The zero-order valence-electron chi connectivity index (χ0n) is 18.1. The molecule has 3 heterocycles. The van der Waals surface area contributed by atoms with Crippen LogP contribution in [0.15, 0.2) is 48.6 Å². The standard InChI is InChI=1S/C22H24F2N6O3/c1-15(31)26-12-18-14-30(22(32)33-18)17-10-19(23)21(20(24)11-17)28-7-6-27-29(9-8-28)13-16-2-4-25-5-3-16/h2-5,10-12,27H,6-9,13-14H2,1H3,(H,26,31)/b18-12-. The average molecular weight is 458 g/mol. The first-order chi connectivity index (χ1) is 15.9. The SMILES string of the molecule is CC(=O)N/C=C1/CN(c2cc(F)c(N3CCNN(Cc4ccncc4)CC3)c(F)c2)C(=O)O1. The van der Waals surface area contributed by atoms with Crippen molar-refractivity contribution in [1.82, 2.24) is 20.7 Å². The number of nitrogens with one attached hydrogen (secondary N) is 2. The first kappa shape index (κ1) is 22.6. The molecule has 0 saturated carbocycles. The van der Waals surface area contributed by atoms with Gasteiger partial charge in [-0.25, -0.2) is 18.6 Å². The van der Waals surface area contributed by atoms with E-state index in [0.29, 0.717) is 32.7 Å². The molecule has 2 aliphatic heterocycles. The fraction of sp³-hybridized carbons (Fsp3) is 0.318. The third-order valence-corrected chi connectivity index (χ3v) is 5.30. The predicted octanol–water partition coefficient (Wildman–Crippen LogP) is 2.12. The van der Waals surface area contributed by atoms with Crippen molar-refractivity contribution in [3.8, 4) is 0 Å². The van der Waals surface area contributed by atoms with Gasteiger partial charge in [-0.2, -0.15) is 0 Å². The van der Waals surface area contributed by atoms with Gasteiger partial charge in [0.15, 0.2) is 11.6 Å². The van der Waals surface area contributed by atoms with Gasteiger partial charge in [-0.05, 0) is 17.7 Å². The molecule has 9 nitrogen and oxygen atoms in total. The molecule has 0 aliphatic carbocycles. The summed E-state index contributed by atoms with van der Waals surface area (Å²) in [5.74, 6) is -1.68. The number of carbonyl (C=O) groups is 2. The number of hydrogen-bond donors (Lipinski definition) is 2. The van der Waals surface area contributed by atoms with Gasteiger partial charge in [0, 0.05) is 70.4 Å². The van der Waals surface area contributed by atoms with Crippen molar-refractivity contribution in [2.24, 2.45) is 0 Å². The molecule has 2 aliphatic rings. The van der Waals surface area contributed by atoms with E-state index in [1.165, 1.54) is 13.1 Å². The van der Waals surface area contributed by atoms with Crippen molar-refractivity contribution in [3.63, 3.8) is 0 Å². The van der Waals surface area contributed by atoms with E-state index < -0.39 is 17.7 Å². The molecule has 2 aromatic rings. The van der Waals surface area contributed by atoms with E-state index in [-0.39, 0.29) is 29.6 Å². The van der Waals surface area contributed by atoms with Gasteiger partial charge in [-0.1, -0.05) is 0 Å². The number of carbonyl (C=O) groups excluding carboxylic acids is 2. The van der Waals surface area contributed by atoms with Gasteiger partial charge >= 0.3 is 6.09 Å². The molecule has 0 radical (unpaired) electrons. The maximum absolute atomic E-state index is 15.0. The lowest BCUT2D eigenvalue weighted by Gasteiger charge is -2.25. The van der Waals surface area contributed by atoms with Gasteiger partial charge in [-0.3, -0.25) is 20.1 Å². The van der Waals surface area contributed by atoms with Gasteiger partial charge in [-0.15, -0.1) is 0 Å². The normalized spacial score (nSPS) is 18.4. The topological polar surface area (TPSA) is 90.0 Å². The van der Waals surface area contributed by atoms with Crippen LogP contribution in [0.3, 0.4) is 0 Å². The van der Waals surface area contributed by atoms with Gasteiger partial charge in [0.05, 0.1) is 12.2 Å². The Morgan fingerprint density at radius 1 is 1.21 bits per heavy atom. The Balaban J connectivity index is 1.46. The quantitative estimate of drug-likeness (QED) is 0.710. The number of benzene rings is 1. The number of cyclic esters (lactones) is 1. The van der Waals surface area contributed by atoms with Crippen LogP contribution in [0.25, 0.3) is 0 Å². The Bertz CT molecular complexity index is 1040. The highest BCUT2D eigenvalue weighted by atomic mass is 19.1. The van der Waals surface area contributed by atoms with Crippen LogP contribution >= 0.6 is 0 Å². The van der Waals surface area contributed by atoms with E-state index in [4.69, 9.17) is 4.74 Å². The number of pyridine rings is 1. The monoisotopic (exact) mass is 458 g/mol. The summed E-state index contributed by atoms with van der Waals surface area (Å²) in [7, 11) is 0. The second kappa shape index (κ2) is 9.92. The fourth-order valence-electron chi connectivity index (χ4n) is 3.73. The lowest BCUT2D eigenvalue weighted by Crippen LogP contribution is -2.38. The molecule has 1 aromatic heterocycles. The Morgan fingerprint density at radius 2 is 1.94 bits per heavy atom. The maximum Gasteiger partial charge on any atom is 0.419 e. The van der Waals surface area contributed by atoms with Gasteiger partial charge < -0.3 is 15.0 Å². The number of anilines is 2. The summed E-state index contributed by atoms with van der Waals surface area (Å²) in [6, 6.07) is 6.08. The fourth-order valence-corrected chi connectivity index (χ4v) is 3.73. The maximum atomic E-state index is 15.0. The summed E-state index contributed by atoms with van der Waals surface area (Å²) >= 11 is 0. The zero-order valence-corrected chi connectivity index (χ0v) is 18.1. The number of rotatable bonds is 5. The summed E-state index contributed by atoms with van der Waals surface area (Å²) in [6.45, 7) is 3.81. The van der Waals surface area contributed by atoms with Gasteiger partial charge in [0.25, 0.3) is 0 Å². The molecule has 0 bridgehead atoms. The van der Waals surface area contributed by atoms with Crippen molar-refractivity contribution in [2.45, 2.75) is 13.5 Å². The van der Waals surface area contributed by atoms with Crippen molar-refractivity contribution < 1.29 is 23.1 Å². The minimum Gasteiger partial charge on any atom is -0.411 e. The number of amides is 2. The molecule has 0 atom stereocenters. The Morgan fingerprint density at radius 3 is 2.64 bits per heavy atom. The molecule has 2 amide bonds.